The van der Waals surface area contributed by atoms with Gasteiger partial charge < -0.3 is 19.7 Å². The van der Waals surface area contributed by atoms with Crippen molar-refractivity contribution in [3.8, 4) is 11.5 Å². The number of carbonyl (C=O) groups is 3. The van der Waals surface area contributed by atoms with Gasteiger partial charge in [-0.25, -0.2) is 8.78 Å². The van der Waals surface area contributed by atoms with E-state index < -0.39 is 53.1 Å². The van der Waals surface area contributed by atoms with E-state index in [4.69, 9.17) is 4.74 Å². The first kappa shape index (κ1) is 25.7. The Morgan fingerprint density at radius 2 is 1.89 bits per heavy atom. The van der Waals surface area contributed by atoms with Crippen molar-refractivity contribution in [3.05, 3.63) is 47.0 Å². The lowest BCUT2D eigenvalue weighted by atomic mass is 9.85. The molecule has 1 atom stereocenters. The molecule has 13 heteroatoms. The van der Waals surface area contributed by atoms with Crippen molar-refractivity contribution in [2.24, 2.45) is 5.92 Å². The first-order valence-corrected chi connectivity index (χ1v) is 11.9. The van der Waals surface area contributed by atoms with E-state index in [0.717, 1.165) is 18.2 Å². The molecular weight excluding hydrogens is 517 g/mol. The van der Waals surface area contributed by atoms with Gasteiger partial charge in [0.15, 0.2) is 0 Å². The Morgan fingerprint density at radius 3 is 2.61 bits per heavy atom. The normalized spacial score (nSPS) is 19.4. The summed E-state index contributed by atoms with van der Waals surface area (Å²) in [5.41, 5.74) is 0.879. The molecule has 8 nitrogen and oxygen atoms in total. The zero-order chi connectivity index (χ0) is 27.2. The van der Waals surface area contributed by atoms with Crippen LogP contribution in [0.5, 0.6) is 11.5 Å². The average Bonchev–Trinajstić information content (AvgIpc) is 3.27. The number of hydrogen-bond acceptors (Lipinski definition) is 6. The number of hydrogen-bond donors (Lipinski definition) is 2. The molecule has 3 heterocycles. The quantitative estimate of drug-likeness (QED) is 0.429. The monoisotopic (exact) mass is 539 g/mol. The number of benzene rings is 2. The molecule has 0 spiro atoms. The molecule has 3 aliphatic rings. The molecule has 2 aromatic rings. The summed E-state index contributed by atoms with van der Waals surface area (Å²) in [6.45, 7) is 1.04. The Labute approximate surface area is 213 Å². The Kier molecular flexibility index (Phi) is 6.61. The number of nitrogens with zero attached hydrogens (tertiary/aromatic N) is 1. The molecule has 3 amide bonds. The number of carbonyl (C=O) groups excluding carboxylic acids is 3. The van der Waals surface area contributed by atoms with Gasteiger partial charge in [0.2, 0.25) is 17.7 Å². The number of piperidine rings is 1. The molecular formula is C25H22F5N3O5. The maximum Gasteiger partial charge on any atom is 0.573 e. The molecule has 1 unspecified atom stereocenters. The van der Waals surface area contributed by atoms with Crippen molar-refractivity contribution >= 4 is 29.1 Å². The highest BCUT2D eigenvalue weighted by Crippen LogP contribution is 2.45. The van der Waals surface area contributed by atoms with Crippen LogP contribution in [0.1, 0.15) is 36.3 Å². The average molecular weight is 539 g/mol. The lowest BCUT2D eigenvalue weighted by Crippen LogP contribution is -2.48. The molecule has 5 rings (SSSR count). The van der Waals surface area contributed by atoms with Gasteiger partial charge in [0.1, 0.15) is 23.1 Å². The van der Waals surface area contributed by atoms with Crippen molar-refractivity contribution in [1.29, 1.82) is 0 Å². The number of nitrogens with one attached hydrogen (secondary N) is 2. The standard InChI is InChI=1S/C25H22F5N3O5/c26-16-3-1-13(38-25(28,29)30)8-18(16)31-21(35)7-12-10-33(11-12)19-9-17(27)22(14-5-6-37-23(14)19)15-2-4-20(34)32-24(15)36/h1,3,8-9,12,15H,2,4-7,10-11H2,(H,31,35)(H,32,34,36). The van der Waals surface area contributed by atoms with Crippen LogP contribution in [0.3, 0.4) is 0 Å². The van der Waals surface area contributed by atoms with E-state index in [1.54, 1.807) is 0 Å². The highest BCUT2D eigenvalue weighted by molar-refractivity contribution is 6.01. The predicted octanol–water partition coefficient (Wildman–Crippen LogP) is 3.78. The second kappa shape index (κ2) is 9.76. The van der Waals surface area contributed by atoms with Crippen LogP contribution in [0.25, 0.3) is 0 Å². The minimum absolute atomic E-state index is 0.0415. The summed E-state index contributed by atoms with van der Waals surface area (Å²) in [5.74, 6) is -4.18. The van der Waals surface area contributed by atoms with Gasteiger partial charge in [-0.1, -0.05) is 0 Å². The molecule has 0 saturated carbocycles. The SMILES string of the molecule is O=C1CCC(c2c(F)cc(N3CC(CC(=O)Nc4cc(OC(F)(F)F)ccc4F)C3)c3c2CCO3)C(=O)N1. The first-order valence-electron chi connectivity index (χ1n) is 11.9. The summed E-state index contributed by atoms with van der Waals surface area (Å²) >= 11 is 0. The van der Waals surface area contributed by atoms with Crippen molar-refractivity contribution in [1.82, 2.24) is 5.32 Å². The number of alkyl halides is 3. The summed E-state index contributed by atoms with van der Waals surface area (Å²) in [6.07, 6.45) is -4.26. The number of imide groups is 1. The third-order valence-electron chi connectivity index (χ3n) is 6.76. The third-order valence-corrected chi connectivity index (χ3v) is 6.76. The van der Waals surface area contributed by atoms with Gasteiger partial charge in [-0.15, -0.1) is 13.2 Å². The fraction of sp³-hybridized carbons (Fsp3) is 0.400. The summed E-state index contributed by atoms with van der Waals surface area (Å²) < 4.78 is 76.1. The van der Waals surface area contributed by atoms with Crippen LogP contribution >= 0.6 is 0 Å². The van der Waals surface area contributed by atoms with E-state index in [9.17, 15) is 31.9 Å². The van der Waals surface area contributed by atoms with Gasteiger partial charge >= 0.3 is 6.36 Å². The van der Waals surface area contributed by atoms with Crippen LogP contribution in [0.4, 0.5) is 33.3 Å². The molecule has 0 radical (unpaired) electrons. The van der Waals surface area contributed by atoms with Gasteiger partial charge in [-0.2, -0.15) is 0 Å². The van der Waals surface area contributed by atoms with Crippen LogP contribution in [-0.4, -0.2) is 43.8 Å². The highest BCUT2D eigenvalue weighted by Gasteiger charge is 2.38. The van der Waals surface area contributed by atoms with Crippen molar-refractivity contribution in [3.63, 3.8) is 0 Å². The van der Waals surface area contributed by atoms with Gasteiger partial charge in [-0.3, -0.25) is 19.7 Å². The molecule has 2 aromatic carbocycles. The van der Waals surface area contributed by atoms with Crippen LogP contribution in [0.15, 0.2) is 24.3 Å². The minimum atomic E-state index is -4.96. The van der Waals surface area contributed by atoms with E-state index in [1.807, 2.05) is 4.90 Å². The third kappa shape index (κ3) is 5.22. The molecule has 202 valence electrons. The van der Waals surface area contributed by atoms with Gasteiger partial charge in [0, 0.05) is 61.5 Å². The Bertz CT molecular complexity index is 1310. The molecule has 3 aliphatic heterocycles. The zero-order valence-corrected chi connectivity index (χ0v) is 19.8. The van der Waals surface area contributed by atoms with Crippen LogP contribution in [-0.2, 0) is 20.8 Å². The number of anilines is 2. The zero-order valence-electron chi connectivity index (χ0n) is 19.8. The van der Waals surface area contributed by atoms with Gasteiger partial charge in [0.05, 0.1) is 23.9 Å². The van der Waals surface area contributed by atoms with Crippen LogP contribution in [0, 0.1) is 17.6 Å². The minimum Gasteiger partial charge on any atom is -0.491 e. The molecule has 0 aliphatic carbocycles. The Balaban J connectivity index is 1.23. The molecule has 0 bridgehead atoms. The van der Waals surface area contributed by atoms with E-state index in [0.29, 0.717) is 43.1 Å². The number of halogens is 5. The molecule has 2 fully saturated rings. The van der Waals surface area contributed by atoms with Crippen LogP contribution < -0.4 is 25.0 Å². The summed E-state index contributed by atoms with van der Waals surface area (Å²) in [6, 6.07) is 3.60. The van der Waals surface area contributed by atoms with E-state index in [2.05, 4.69) is 15.4 Å². The molecule has 38 heavy (non-hydrogen) atoms. The molecule has 2 saturated heterocycles. The second-order valence-electron chi connectivity index (χ2n) is 9.41. The lowest BCUT2D eigenvalue weighted by molar-refractivity contribution is -0.274. The predicted molar refractivity (Wildman–Crippen MR) is 123 cm³/mol. The van der Waals surface area contributed by atoms with E-state index >= 15 is 4.39 Å². The first-order chi connectivity index (χ1) is 18.0. The lowest BCUT2D eigenvalue weighted by Gasteiger charge is -2.41. The van der Waals surface area contributed by atoms with E-state index in [-0.39, 0.29) is 30.7 Å². The number of fused-ring (bicyclic) bond motifs is 1. The smallest absolute Gasteiger partial charge is 0.491 e. The largest absolute Gasteiger partial charge is 0.573 e. The Hall–Kier alpha value is -3.90. The molecule has 2 N–H and O–H groups in total. The van der Waals surface area contributed by atoms with Crippen molar-refractivity contribution in [2.45, 2.75) is 38.0 Å². The molecule has 0 aromatic heterocycles. The van der Waals surface area contributed by atoms with Crippen LogP contribution in [0.2, 0.25) is 0 Å². The number of ether oxygens (including phenoxy) is 2. The maximum atomic E-state index is 15.3. The maximum absolute atomic E-state index is 15.3. The Morgan fingerprint density at radius 1 is 1.13 bits per heavy atom. The fourth-order valence-electron chi connectivity index (χ4n) is 5.09. The summed E-state index contributed by atoms with van der Waals surface area (Å²) in [7, 11) is 0. The van der Waals surface area contributed by atoms with Crippen molar-refractivity contribution in [2.75, 3.05) is 29.9 Å². The highest BCUT2D eigenvalue weighted by atomic mass is 19.4. The summed E-state index contributed by atoms with van der Waals surface area (Å²) in [4.78, 5) is 38.1. The number of rotatable bonds is 6. The van der Waals surface area contributed by atoms with Crippen molar-refractivity contribution < 1.29 is 45.8 Å². The van der Waals surface area contributed by atoms with E-state index in [1.165, 1.54) is 6.07 Å². The topological polar surface area (TPSA) is 97.0 Å². The van der Waals surface area contributed by atoms with Gasteiger partial charge in [-0.05, 0) is 18.6 Å². The van der Waals surface area contributed by atoms with Gasteiger partial charge in [0.25, 0.3) is 0 Å². The number of amides is 3. The fourth-order valence-corrected chi connectivity index (χ4v) is 5.09. The summed E-state index contributed by atoms with van der Waals surface area (Å²) in [5, 5.41) is 4.52. The second-order valence-corrected chi connectivity index (χ2v) is 9.41.